The van der Waals surface area contributed by atoms with Crippen LogP contribution < -0.4 is 0 Å². The van der Waals surface area contributed by atoms with Crippen LogP contribution in [0, 0.1) is 5.41 Å². The maximum atomic E-state index is 10.5. The highest BCUT2D eigenvalue weighted by Gasteiger charge is 2.53. The lowest BCUT2D eigenvalue weighted by Gasteiger charge is -2.54. The molecular weight excluding hydrogens is 176 g/mol. The standard InChI is InChI=1S/C12H24O2/c1-7-9-11(4,5)12(6,13)8-10(2,3)14-9/h9,13H,7-8H2,1-6H3. The van der Waals surface area contributed by atoms with Gasteiger partial charge < -0.3 is 9.84 Å². The third kappa shape index (κ3) is 1.82. The van der Waals surface area contributed by atoms with Crippen molar-refractivity contribution in [3.05, 3.63) is 0 Å². The molecule has 0 saturated carbocycles. The average Bonchev–Trinajstić information content (AvgIpc) is 1.95. The van der Waals surface area contributed by atoms with Crippen LogP contribution in [0.15, 0.2) is 0 Å². The van der Waals surface area contributed by atoms with Crippen molar-refractivity contribution in [2.75, 3.05) is 0 Å². The van der Waals surface area contributed by atoms with Crippen LogP contribution in [0.4, 0.5) is 0 Å². The number of rotatable bonds is 1. The molecular formula is C12H24O2. The Morgan fingerprint density at radius 1 is 1.21 bits per heavy atom. The van der Waals surface area contributed by atoms with E-state index in [1.54, 1.807) is 0 Å². The molecule has 2 nitrogen and oxygen atoms in total. The predicted molar refractivity (Wildman–Crippen MR) is 58.3 cm³/mol. The van der Waals surface area contributed by atoms with E-state index in [4.69, 9.17) is 4.74 Å². The van der Waals surface area contributed by atoms with Crippen LogP contribution in [0.1, 0.15) is 54.4 Å². The van der Waals surface area contributed by atoms with Crippen LogP contribution in [0.2, 0.25) is 0 Å². The third-order valence-electron chi connectivity index (χ3n) is 3.80. The lowest BCUT2D eigenvalue weighted by Crippen LogP contribution is -2.60. The Hall–Kier alpha value is -0.0800. The zero-order valence-electron chi connectivity index (χ0n) is 10.3. The van der Waals surface area contributed by atoms with E-state index in [1.807, 2.05) is 6.92 Å². The molecule has 0 aromatic carbocycles. The van der Waals surface area contributed by atoms with Gasteiger partial charge in [0.1, 0.15) is 0 Å². The number of ether oxygens (including phenoxy) is 1. The molecule has 1 fully saturated rings. The summed E-state index contributed by atoms with van der Waals surface area (Å²) >= 11 is 0. The van der Waals surface area contributed by atoms with E-state index in [2.05, 4.69) is 34.6 Å². The lowest BCUT2D eigenvalue weighted by atomic mass is 9.64. The first-order valence-electron chi connectivity index (χ1n) is 5.52. The van der Waals surface area contributed by atoms with E-state index >= 15 is 0 Å². The smallest absolute Gasteiger partial charge is 0.0722 e. The van der Waals surface area contributed by atoms with Gasteiger partial charge in [0, 0.05) is 11.8 Å². The molecule has 0 aliphatic carbocycles. The first-order valence-corrected chi connectivity index (χ1v) is 5.52. The number of hydrogen-bond acceptors (Lipinski definition) is 2. The molecule has 1 rings (SSSR count). The molecule has 0 aromatic heterocycles. The fourth-order valence-electron chi connectivity index (χ4n) is 2.57. The van der Waals surface area contributed by atoms with Crippen molar-refractivity contribution >= 4 is 0 Å². The minimum Gasteiger partial charge on any atom is -0.389 e. The maximum absolute atomic E-state index is 10.5. The van der Waals surface area contributed by atoms with Gasteiger partial charge in [-0.3, -0.25) is 0 Å². The van der Waals surface area contributed by atoms with E-state index in [0.717, 1.165) is 6.42 Å². The molecule has 0 aromatic rings. The fourth-order valence-corrected chi connectivity index (χ4v) is 2.57. The monoisotopic (exact) mass is 200 g/mol. The van der Waals surface area contributed by atoms with Gasteiger partial charge in [-0.05, 0) is 27.2 Å². The van der Waals surface area contributed by atoms with Crippen molar-refractivity contribution in [1.29, 1.82) is 0 Å². The quantitative estimate of drug-likeness (QED) is 0.705. The molecule has 1 aliphatic rings. The maximum Gasteiger partial charge on any atom is 0.0722 e. The van der Waals surface area contributed by atoms with Gasteiger partial charge in [0.2, 0.25) is 0 Å². The van der Waals surface area contributed by atoms with Gasteiger partial charge in [-0.25, -0.2) is 0 Å². The van der Waals surface area contributed by atoms with Gasteiger partial charge in [0.25, 0.3) is 0 Å². The van der Waals surface area contributed by atoms with Crippen molar-refractivity contribution in [2.45, 2.75) is 71.7 Å². The van der Waals surface area contributed by atoms with Crippen LogP contribution >= 0.6 is 0 Å². The topological polar surface area (TPSA) is 29.5 Å². The minimum absolute atomic E-state index is 0.140. The van der Waals surface area contributed by atoms with E-state index < -0.39 is 5.60 Å². The van der Waals surface area contributed by atoms with Gasteiger partial charge >= 0.3 is 0 Å². The largest absolute Gasteiger partial charge is 0.389 e. The van der Waals surface area contributed by atoms with Crippen molar-refractivity contribution in [1.82, 2.24) is 0 Å². The van der Waals surface area contributed by atoms with Gasteiger partial charge in [-0.15, -0.1) is 0 Å². The first kappa shape index (κ1) is 12.0. The van der Waals surface area contributed by atoms with Crippen molar-refractivity contribution in [3.8, 4) is 0 Å². The molecule has 1 saturated heterocycles. The van der Waals surface area contributed by atoms with Crippen LogP contribution in [0.25, 0.3) is 0 Å². The summed E-state index contributed by atoms with van der Waals surface area (Å²) < 4.78 is 6.01. The van der Waals surface area contributed by atoms with Gasteiger partial charge in [0.15, 0.2) is 0 Å². The van der Waals surface area contributed by atoms with Crippen molar-refractivity contribution < 1.29 is 9.84 Å². The Bertz CT molecular complexity index is 216. The molecule has 0 bridgehead atoms. The Morgan fingerprint density at radius 3 is 2.14 bits per heavy atom. The summed E-state index contributed by atoms with van der Waals surface area (Å²) in [7, 11) is 0. The lowest BCUT2D eigenvalue weighted by molar-refractivity contribution is -0.248. The molecule has 1 N–H and O–H groups in total. The summed E-state index contributed by atoms with van der Waals surface area (Å²) in [6, 6.07) is 0. The molecule has 1 heterocycles. The molecule has 1 aliphatic heterocycles. The van der Waals surface area contributed by atoms with Crippen LogP contribution in [0.3, 0.4) is 0 Å². The molecule has 0 amide bonds. The molecule has 2 heteroatoms. The molecule has 0 radical (unpaired) electrons. The Morgan fingerprint density at radius 2 is 1.71 bits per heavy atom. The van der Waals surface area contributed by atoms with Crippen molar-refractivity contribution in [2.24, 2.45) is 5.41 Å². The summed E-state index contributed by atoms with van der Waals surface area (Å²) in [5, 5.41) is 10.5. The Balaban J connectivity index is 2.99. The van der Waals surface area contributed by atoms with Crippen LogP contribution in [-0.2, 0) is 4.74 Å². The number of hydrogen-bond donors (Lipinski definition) is 1. The molecule has 14 heavy (non-hydrogen) atoms. The molecule has 84 valence electrons. The third-order valence-corrected chi connectivity index (χ3v) is 3.80. The molecule has 0 spiro atoms. The van der Waals surface area contributed by atoms with E-state index in [-0.39, 0.29) is 17.1 Å². The highest BCUT2D eigenvalue weighted by atomic mass is 16.5. The normalized spacial score (nSPS) is 40.9. The van der Waals surface area contributed by atoms with E-state index in [0.29, 0.717) is 6.42 Å². The van der Waals surface area contributed by atoms with E-state index in [9.17, 15) is 5.11 Å². The summed E-state index contributed by atoms with van der Waals surface area (Å²) in [4.78, 5) is 0. The average molecular weight is 200 g/mol. The van der Waals surface area contributed by atoms with Crippen LogP contribution in [-0.4, -0.2) is 22.4 Å². The highest BCUT2D eigenvalue weighted by Crippen LogP contribution is 2.48. The van der Waals surface area contributed by atoms with E-state index in [1.165, 1.54) is 0 Å². The second-order valence-corrected chi connectivity index (χ2v) is 5.95. The summed E-state index contributed by atoms with van der Waals surface area (Å²) in [6.07, 6.45) is 1.79. The second kappa shape index (κ2) is 3.21. The van der Waals surface area contributed by atoms with Gasteiger partial charge in [-0.1, -0.05) is 20.8 Å². The second-order valence-electron chi connectivity index (χ2n) is 5.95. The number of aliphatic hydroxyl groups is 1. The fraction of sp³-hybridized carbons (Fsp3) is 1.00. The minimum atomic E-state index is -0.643. The van der Waals surface area contributed by atoms with Crippen LogP contribution in [0.5, 0.6) is 0 Å². The Kier molecular flexibility index (Phi) is 2.75. The van der Waals surface area contributed by atoms with Crippen molar-refractivity contribution in [3.63, 3.8) is 0 Å². The zero-order chi connectivity index (χ0) is 11.2. The zero-order valence-corrected chi connectivity index (χ0v) is 10.3. The van der Waals surface area contributed by atoms with Gasteiger partial charge in [-0.2, -0.15) is 0 Å². The van der Waals surface area contributed by atoms with Gasteiger partial charge in [0.05, 0.1) is 17.3 Å². The first-order chi connectivity index (χ1) is 6.12. The summed E-state index contributed by atoms with van der Waals surface area (Å²) in [6.45, 7) is 12.3. The summed E-state index contributed by atoms with van der Waals surface area (Å²) in [5.41, 5.74) is -1.02. The Labute approximate surface area is 87.7 Å². The highest BCUT2D eigenvalue weighted by molar-refractivity contribution is 5.02. The molecule has 2 atom stereocenters. The predicted octanol–water partition coefficient (Wildman–Crippen LogP) is 2.74. The molecule has 2 unspecified atom stereocenters. The SMILES string of the molecule is CCC1OC(C)(C)CC(C)(O)C1(C)C. The summed E-state index contributed by atoms with van der Waals surface area (Å²) in [5.74, 6) is 0.